The minimum absolute atomic E-state index is 0.0271. The van der Waals surface area contributed by atoms with Gasteiger partial charge in [-0.05, 0) is 51.3 Å². The summed E-state index contributed by atoms with van der Waals surface area (Å²) in [6.07, 6.45) is 0. The molecule has 4 heteroatoms. The molecule has 0 saturated carbocycles. The molecular formula is C17H15BrCl2O. The molecule has 3 rings (SSSR count). The Morgan fingerprint density at radius 1 is 1.14 bits per heavy atom. The van der Waals surface area contributed by atoms with Crippen molar-refractivity contribution in [2.75, 3.05) is 6.61 Å². The van der Waals surface area contributed by atoms with Crippen molar-refractivity contribution in [3.63, 3.8) is 0 Å². The van der Waals surface area contributed by atoms with E-state index in [0.29, 0.717) is 11.6 Å². The third-order valence-corrected chi connectivity index (χ3v) is 5.59. The fourth-order valence-corrected chi connectivity index (χ4v) is 3.27. The molecule has 0 spiro atoms. The quantitative estimate of drug-likeness (QED) is 0.567. The van der Waals surface area contributed by atoms with Crippen LogP contribution in [0.3, 0.4) is 0 Å². The van der Waals surface area contributed by atoms with Gasteiger partial charge in [-0.2, -0.15) is 0 Å². The summed E-state index contributed by atoms with van der Waals surface area (Å²) in [5.41, 5.74) is 3.29. The minimum Gasteiger partial charge on any atom is -0.492 e. The van der Waals surface area contributed by atoms with Crippen LogP contribution in [-0.4, -0.2) is 6.61 Å². The molecule has 21 heavy (non-hydrogen) atoms. The molecule has 1 unspecified atom stereocenters. The number of halogens is 3. The molecular weight excluding hydrogens is 371 g/mol. The average molecular weight is 386 g/mol. The van der Waals surface area contributed by atoms with Gasteiger partial charge in [0.05, 0.1) is 17.0 Å². The molecule has 1 aliphatic rings. The molecule has 1 heterocycles. The molecule has 0 bridgehead atoms. The van der Waals surface area contributed by atoms with Crippen LogP contribution in [0.2, 0.25) is 5.02 Å². The third-order valence-electron chi connectivity index (χ3n) is 3.85. The van der Waals surface area contributed by atoms with Crippen molar-refractivity contribution < 1.29 is 4.74 Å². The van der Waals surface area contributed by atoms with Gasteiger partial charge < -0.3 is 4.74 Å². The lowest BCUT2D eigenvalue weighted by Crippen LogP contribution is -2.18. The molecule has 0 aromatic heterocycles. The number of rotatable bonds is 2. The lowest BCUT2D eigenvalue weighted by atomic mass is 9.85. The molecule has 0 aliphatic carbocycles. The van der Waals surface area contributed by atoms with E-state index in [1.54, 1.807) is 0 Å². The number of hydrogen-bond donors (Lipinski definition) is 0. The molecule has 0 fully saturated rings. The van der Waals surface area contributed by atoms with Crippen molar-refractivity contribution in [2.45, 2.75) is 24.6 Å². The Morgan fingerprint density at radius 3 is 2.52 bits per heavy atom. The van der Waals surface area contributed by atoms with Gasteiger partial charge in [0, 0.05) is 15.5 Å². The van der Waals surface area contributed by atoms with Gasteiger partial charge in [0.2, 0.25) is 0 Å². The summed E-state index contributed by atoms with van der Waals surface area (Å²) in [4.78, 5) is 0. The van der Waals surface area contributed by atoms with Gasteiger partial charge >= 0.3 is 0 Å². The molecule has 0 N–H and O–H groups in total. The average Bonchev–Trinajstić information content (AvgIpc) is 2.76. The molecule has 1 atom stereocenters. The van der Waals surface area contributed by atoms with Crippen LogP contribution in [0.1, 0.15) is 35.9 Å². The Morgan fingerprint density at radius 2 is 1.81 bits per heavy atom. The standard InChI is InChI=1S/C17H15BrCl2O/c1-17(2)9-21-15-6-4-10(7-12(15)17)16(20)11-3-5-13(18)14(19)8-11/h3-8,16H,9H2,1-2H3. The highest BCUT2D eigenvalue weighted by atomic mass is 79.9. The van der Waals surface area contributed by atoms with Gasteiger partial charge in [-0.1, -0.05) is 37.6 Å². The largest absolute Gasteiger partial charge is 0.492 e. The number of hydrogen-bond acceptors (Lipinski definition) is 1. The highest BCUT2D eigenvalue weighted by Crippen LogP contribution is 2.41. The number of alkyl halides is 1. The molecule has 0 saturated heterocycles. The molecule has 0 radical (unpaired) electrons. The van der Waals surface area contributed by atoms with Gasteiger partial charge in [-0.25, -0.2) is 0 Å². The van der Waals surface area contributed by atoms with E-state index in [2.05, 4.69) is 35.8 Å². The van der Waals surface area contributed by atoms with Crippen LogP contribution in [0, 0.1) is 0 Å². The van der Waals surface area contributed by atoms with Crippen molar-refractivity contribution in [2.24, 2.45) is 0 Å². The lowest BCUT2D eigenvalue weighted by Gasteiger charge is -2.17. The predicted octanol–water partition coefficient (Wildman–Crippen LogP) is 6.10. The SMILES string of the molecule is CC1(C)COc2ccc(C(Cl)c3ccc(Br)c(Cl)c3)cc21. The summed E-state index contributed by atoms with van der Waals surface area (Å²) in [7, 11) is 0. The van der Waals surface area contributed by atoms with E-state index in [1.807, 2.05) is 30.3 Å². The second-order valence-electron chi connectivity index (χ2n) is 5.96. The highest BCUT2D eigenvalue weighted by Gasteiger charge is 2.32. The minimum atomic E-state index is -0.225. The summed E-state index contributed by atoms with van der Waals surface area (Å²) < 4.78 is 6.59. The summed E-state index contributed by atoms with van der Waals surface area (Å²) >= 11 is 16.2. The Labute approximate surface area is 143 Å². The van der Waals surface area contributed by atoms with Crippen LogP contribution < -0.4 is 4.74 Å². The molecule has 1 nitrogen and oxygen atoms in total. The van der Waals surface area contributed by atoms with Crippen molar-refractivity contribution in [3.8, 4) is 5.75 Å². The van der Waals surface area contributed by atoms with Gasteiger partial charge in [-0.15, -0.1) is 11.6 Å². The van der Waals surface area contributed by atoms with Gasteiger partial charge in [0.15, 0.2) is 0 Å². The molecule has 1 aliphatic heterocycles. The zero-order chi connectivity index (χ0) is 15.2. The number of benzene rings is 2. The van der Waals surface area contributed by atoms with Gasteiger partial charge in [0.25, 0.3) is 0 Å². The third kappa shape index (κ3) is 2.81. The van der Waals surface area contributed by atoms with Crippen LogP contribution in [0.5, 0.6) is 5.75 Å². The van der Waals surface area contributed by atoms with Crippen LogP contribution in [-0.2, 0) is 5.41 Å². The maximum Gasteiger partial charge on any atom is 0.123 e. The second kappa shape index (κ2) is 5.49. The first kappa shape index (κ1) is 15.2. The van der Waals surface area contributed by atoms with Crippen molar-refractivity contribution in [1.82, 2.24) is 0 Å². The van der Waals surface area contributed by atoms with Crippen LogP contribution in [0.15, 0.2) is 40.9 Å². The lowest BCUT2D eigenvalue weighted by molar-refractivity contribution is 0.291. The smallest absolute Gasteiger partial charge is 0.123 e. The van der Waals surface area contributed by atoms with Crippen LogP contribution in [0.4, 0.5) is 0 Å². The Hall–Kier alpha value is -0.700. The zero-order valence-electron chi connectivity index (χ0n) is 11.8. The number of ether oxygens (including phenoxy) is 1. The van der Waals surface area contributed by atoms with Crippen LogP contribution >= 0.6 is 39.1 Å². The van der Waals surface area contributed by atoms with Gasteiger partial charge in [-0.3, -0.25) is 0 Å². The zero-order valence-corrected chi connectivity index (χ0v) is 14.9. The molecule has 0 amide bonds. The van der Waals surface area contributed by atoms with E-state index in [4.69, 9.17) is 27.9 Å². The molecule has 110 valence electrons. The summed E-state index contributed by atoms with van der Waals surface area (Å²) in [5, 5.41) is 0.445. The summed E-state index contributed by atoms with van der Waals surface area (Å²) in [5.74, 6) is 0.960. The highest BCUT2D eigenvalue weighted by molar-refractivity contribution is 9.10. The Balaban J connectivity index is 1.99. The first-order valence-electron chi connectivity index (χ1n) is 6.75. The van der Waals surface area contributed by atoms with Crippen molar-refractivity contribution in [3.05, 3.63) is 62.6 Å². The van der Waals surface area contributed by atoms with Crippen molar-refractivity contribution >= 4 is 39.1 Å². The van der Waals surface area contributed by atoms with E-state index in [1.165, 1.54) is 5.56 Å². The van der Waals surface area contributed by atoms with Crippen molar-refractivity contribution in [1.29, 1.82) is 0 Å². The maximum absolute atomic E-state index is 6.64. The van der Waals surface area contributed by atoms with E-state index in [0.717, 1.165) is 21.3 Å². The predicted molar refractivity (Wildman–Crippen MR) is 91.8 cm³/mol. The second-order valence-corrected chi connectivity index (χ2v) is 7.66. The Bertz CT molecular complexity index is 697. The first-order chi connectivity index (χ1) is 9.88. The maximum atomic E-state index is 6.64. The number of fused-ring (bicyclic) bond motifs is 1. The van der Waals surface area contributed by atoms with Crippen LogP contribution in [0.25, 0.3) is 0 Å². The normalized spacial score (nSPS) is 17.2. The van der Waals surface area contributed by atoms with Gasteiger partial charge in [0.1, 0.15) is 5.75 Å². The van der Waals surface area contributed by atoms with E-state index < -0.39 is 0 Å². The van der Waals surface area contributed by atoms with E-state index in [-0.39, 0.29) is 10.8 Å². The molecule has 2 aromatic carbocycles. The fourth-order valence-electron chi connectivity index (χ4n) is 2.56. The summed E-state index contributed by atoms with van der Waals surface area (Å²) in [6.45, 7) is 5.08. The molecule has 2 aromatic rings. The first-order valence-corrected chi connectivity index (χ1v) is 8.35. The fraction of sp³-hybridized carbons (Fsp3) is 0.294. The Kier molecular flexibility index (Phi) is 3.98. The summed E-state index contributed by atoms with van der Waals surface area (Å²) in [6, 6.07) is 12.0. The topological polar surface area (TPSA) is 9.23 Å². The van der Waals surface area contributed by atoms with E-state index in [9.17, 15) is 0 Å². The van der Waals surface area contributed by atoms with E-state index >= 15 is 0 Å². The monoisotopic (exact) mass is 384 g/mol.